The number of rotatable bonds is 5. The van der Waals surface area contributed by atoms with Crippen molar-refractivity contribution in [2.75, 3.05) is 26.7 Å². The predicted molar refractivity (Wildman–Crippen MR) is 62.7 cm³/mol. The molecule has 0 saturated carbocycles. The maximum atomic E-state index is 3.54. The summed E-state index contributed by atoms with van der Waals surface area (Å²) in [6.45, 7) is 8.16. The van der Waals surface area contributed by atoms with Gasteiger partial charge in [-0.25, -0.2) is 0 Å². The van der Waals surface area contributed by atoms with Gasteiger partial charge in [0.15, 0.2) is 0 Å². The van der Waals surface area contributed by atoms with Gasteiger partial charge >= 0.3 is 0 Å². The van der Waals surface area contributed by atoms with E-state index < -0.39 is 0 Å². The van der Waals surface area contributed by atoms with Gasteiger partial charge < -0.3 is 5.32 Å². The monoisotopic (exact) mass is 198 g/mol. The Kier molecular flexibility index (Phi) is 4.90. The zero-order valence-corrected chi connectivity index (χ0v) is 10.1. The molecule has 0 aromatic heterocycles. The minimum absolute atomic E-state index is 0.452. The van der Waals surface area contributed by atoms with Crippen LogP contribution in [-0.2, 0) is 0 Å². The van der Waals surface area contributed by atoms with E-state index in [2.05, 4.69) is 31.1 Å². The highest BCUT2D eigenvalue weighted by Crippen LogP contribution is 2.26. The van der Waals surface area contributed by atoms with Crippen molar-refractivity contribution in [3.63, 3.8) is 0 Å². The summed E-state index contributed by atoms with van der Waals surface area (Å²) >= 11 is 0. The fraction of sp³-hybridized carbons (Fsp3) is 1.00. The molecule has 1 aliphatic rings. The highest BCUT2D eigenvalue weighted by molar-refractivity contribution is 4.93. The Bertz CT molecular complexity index is 158. The Morgan fingerprint density at radius 3 is 2.64 bits per heavy atom. The molecule has 0 radical (unpaired) electrons. The first-order valence-electron chi connectivity index (χ1n) is 6.17. The summed E-state index contributed by atoms with van der Waals surface area (Å²) in [4.78, 5) is 2.57. The summed E-state index contributed by atoms with van der Waals surface area (Å²) in [5.41, 5.74) is 0.452. The van der Waals surface area contributed by atoms with Crippen molar-refractivity contribution in [3.8, 4) is 0 Å². The Balaban J connectivity index is 2.45. The van der Waals surface area contributed by atoms with Gasteiger partial charge in [0.05, 0.1) is 0 Å². The largest absolute Gasteiger partial charge is 0.314 e. The van der Waals surface area contributed by atoms with Crippen LogP contribution in [0.2, 0.25) is 0 Å². The van der Waals surface area contributed by atoms with Crippen molar-refractivity contribution in [1.29, 1.82) is 0 Å². The normalized spacial score (nSPS) is 29.4. The van der Waals surface area contributed by atoms with E-state index in [1.165, 1.54) is 45.2 Å². The van der Waals surface area contributed by atoms with Crippen LogP contribution >= 0.6 is 0 Å². The molecule has 0 bridgehead atoms. The lowest BCUT2D eigenvalue weighted by Gasteiger charge is -2.45. The molecule has 0 amide bonds. The molecule has 1 fully saturated rings. The molecule has 0 aliphatic carbocycles. The van der Waals surface area contributed by atoms with E-state index in [1.807, 2.05) is 0 Å². The topological polar surface area (TPSA) is 15.3 Å². The van der Waals surface area contributed by atoms with Gasteiger partial charge in [0.25, 0.3) is 0 Å². The van der Waals surface area contributed by atoms with Gasteiger partial charge in [-0.15, -0.1) is 0 Å². The number of hydrogen-bond donors (Lipinski definition) is 1. The summed E-state index contributed by atoms with van der Waals surface area (Å²) in [6, 6.07) is 0. The SMILES string of the molecule is CCCCCC1(CC)CNCCN1C. The first-order valence-corrected chi connectivity index (χ1v) is 6.17. The van der Waals surface area contributed by atoms with Crippen molar-refractivity contribution in [1.82, 2.24) is 10.2 Å². The van der Waals surface area contributed by atoms with E-state index in [4.69, 9.17) is 0 Å². The average molecular weight is 198 g/mol. The van der Waals surface area contributed by atoms with Crippen molar-refractivity contribution in [3.05, 3.63) is 0 Å². The van der Waals surface area contributed by atoms with Crippen LogP contribution in [0, 0.1) is 0 Å². The second-order valence-corrected chi connectivity index (χ2v) is 4.63. The van der Waals surface area contributed by atoms with Crippen LogP contribution in [0.25, 0.3) is 0 Å². The zero-order valence-electron chi connectivity index (χ0n) is 10.1. The quantitative estimate of drug-likeness (QED) is 0.682. The number of nitrogens with zero attached hydrogens (tertiary/aromatic N) is 1. The van der Waals surface area contributed by atoms with Gasteiger partial charge in [0, 0.05) is 25.2 Å². The molecule has 0 aromatic rings. The highest BCUT2D eigenvalue weighted by Gasteiger charge is 2.33. The van der Waals surface area contributed by atoms with E-state index >= 15 is 0 Å². The lowest BCUT2D eigenvalue weighted by molar-refractivity contribution is 0.0721. The minimum Gasteiger partial charge on any atom is -0.314 e. The fourth-order valence-corrected chi connectivity index (χ4v) is 2.49. The molecular weight excluding hydrogens is 172 g/mol. The molecule has 0 spiro atoms. The lowest BCUT2D eigenvalue weighted by Crippen LogP contribution is -2.59. The average Bonchev–Trinajstić information content (AvgIpc) is 2.21. The number of nitrogens with one attached hydrogen (secondary N) is 1. The Morgan fingerprint density at radius 2 is 2.07 bits per heavy atom. The minimum atomic E-state index is 0.452. The van der Waals surface area contributed by atoms with Crippen LogP contribution in [0.1, 0.15) is 46.0 Å². The second kappa shape index (κ2) is 5.72. The van der Waals surface area contributed by atoms with Gasteiger partial charge in [0.1, 0.15) is 0 Å². The van der Waals surface area contributed by atoms with E-state index in [-0.39, 0.29) is 0 Å². The molecule has 0 aromatic carbocycles. The molecular formula is C12H26N2. The summed E-state index contributed by atoms with van der Waals surface area (Å²) in [5, 5.41) is 3.54. The first-order chi connectivity index (χ1) is 6.75. The molecule has 1 N–H and O–H groups in total. The summed E-state index contributed by atoms with van der Waals surface area (Å²) in [5.74, 6) is 0. The fourth-order valence-electron chi connectivity index (χ4n) is 2.49. The molecule has 1 unspecified atom stereocenters. The Morgan fingerprint density at radius 1 is 1.29 bits per heavy atom. The van der Waals surface area contributed by atoms with Crippen LogP contribution in [-0.4, -0.2) is 37.1 Å². The van der Waals surface area contributed by atoms with Gasteiger partial charge in [-0.1, -0.05) is 33.1 Å². The van der Waals surface area contributed by atoms with Crippen LogP contribution in [0.3, 0.4) is 0 Å². The molecule has 14 heavy (non-hydrogen) atoms. The molecule has 2 heteroatoms. The maximum absolute atomic E-state index is 3.54. The molecule has 2 nitrogen and oxygen atoms in total. The maximum Gasteiger partial charge on any atom is 0.0328 e. The molecule has 1 saturated heterocycles. The first kappa shape index (κ1) is 12.0. The Hall–Kier alpha value is -0.0800. The van der Waals surface area contributed by atoms with Gasteiger partial charge in [-0.3, -0.25) is 4.90 Å². The third-order valence-electron chi connectivity index (χ3n) is 3.79. The number of likely N-dealkylation sites (N-methyl/N-ethyl adjacent to an activating group) is 1. The summed E-state index contributed by atoms with van der Waals surface area (Å²) in [6.07, 6.45) is 6.74. The van der Waals surface area contributed by atoms with Crippen molar-refractivity contribution in [2.24, 2.45) is 0 Å². The van der Waals surface area contributed by atoms with E-state index in [9.17, 15) is 0 Å². The zero-order chi connectivity index (χ0) is 10.4. The third kappa shape index (κ3) is 2.71. The van der Waals surface area contributed by atoms with Crippen LogP contribution < -0.4 is 5.32 Å². The predicted octanol–water partition coefficient (Wildman–Crippen LogP) is 2.25. The Labute approximate surface area is 89.1 Å². The van der Waals surface area contributed by atoms with Gasteiger partial charge in [-0.2, -0.15) is 0 Å². The number of piperazine rings is 1. The smallest absolute Gasteiger partial charge is 0.0328 e. The van der Waals surface area contributed by atoms with E-state index in [1.54, 1.807) is 0 Å². The van der Waals surface area contributed by atoms with Gasteiger partial charge in [-0.05, 0) is 19.9 Å². The summed E-state index contributed by atoms with van der Waals surface area (Å²) in [7, 11) is 2.29. The van der Waals surface area contributed by atoms with E-state index in [0.29, 0.717) is 5.54 Å². The second-order valence-electron chi connectivity index (χ2n) is 4.63. The van der Waals surface area contributed by atoms with Crippen molar-refractivity contribution in [2.45, 2.75) is 51.5 Å². The number of hydrogen-bond acceptors (Lipinski definition) is 2. The third-order valence-corrected chi connectivity index (χ3v) is 3.79. The molecule has 1 rings (SSSR count). The highest BCUT2D eigenvalue weighted by atomic mass is 15.2. The van der Waals surface area contributed by atoms with Gasteiger partial charge in [0.2, 0.25) is 0 Å². The molecule has 1 atom stereocenters. The van der Waals surface area contributed by atoms with Crippen molar-refractivity contribution >= 4 is 0 Å². The van der Waals surface area contributed by atoms with Crippen molar-refractivity contribution < 1.29 is 0 Å². The lowest BCUT2D eigenvalue weighted by atomic mass is 9.86. The van der Waals surface area contributed by atoms with Crippen LogP contribution in [0.5, 0.6) is 0 Å². The summed E-state index contributed by atoms with van der Waals surface area (Å²) < 4.78 is 0. The molecule has 1 heterocycles. The molecule has 84 valence electrons. The standard InChI is InChI=1S/C12H26N2/c1-4-6-7-8-12(5-2)11-13-9-10-14(12)3/h13H,4-11H2,1-3H3. The number of unbranched alkanes of at least 4 members (excludes halogenated alkanes) is 2. The van der Waals surface area contributed by atoms with Crippen LogP contribution in [0.4, 0.5) is 0 Å². The molecule has 1 aliphatic heterocycles. The van der Waals surface area contributed by atoms with E-state index in [0.717, 1.165) is 6.54 Å². The van der Waals surface area contributed by atoms with Crippen LogP contribution in [0.15, 0.2) is 0 Å².